The van der Waals surface area contributed by atoms with Gasteiger partial charge < -0.3 is 0 Å². The molecular weight excluding hydrogens is 316 g/mol. The Kier molecular flexibility index (Phi) is 25.4. The van der Waals surface area contributed by atoms with Crippen LogP contribution in [0, 0.1) is 6.92 Å². The van der Waals surface area contributed by atoms with Gasteiger partial charge in [-0.3, -0.25) is 25.8 Å². The minimum absolute atomic E-state index is 0.0417. The highest BCUT2D eigenvalue weighted by molar-refractivity contribution is 9.47. The lowest BCUT2D eigenvalue weighted by Gasteiger charge is -1.93. The Morgan fingerprint density at radius 3 is 2.14 bits per heavy atom. The van der Waals surface area contributed by atoms with E-state index < -0.39 is 0 Å². The zero-order valence-electron chi connectivity index (χ0n) is 9.27. The fraction of sp³-hybridized carbons (Fsp3) is 0.727. The molecule has 0 nitrogen and oxygen atoms in total. The van der Waals surface area contributed by atoms with Gasteiger partial charge in [-0.15, -0.1) is 0 Å². The van der Waals surface area contributed by atoms with Crippen molar-refractivity contribution >= 4 is 41.8 Å². The quantitative estimate of drug-likeness (QED) is 0.330. The zero-order valence-corrected chi connectivity index (χ0v) is 13.9. The average molecular weight is 337 g/mol. The van der Waals surface area contributed by atoms with Crippen LogP contribution in [-0.2, 0) is 0 Å². The summed E-state index contributed by atoms with van der Waals surface area (Å²) in [7, 11) is 0. The zero-order chi connectivity index (χ0) is 11.1. The van der Waals surface area contributed by atoms with Crippen molar-refractivity contribution in [1.29, 1.82) is 0 Å². The first-order valence-corrected chi connectivity index (χ1v) is 13.2. The second-order valence-electron chi connectivity index (χ2n) is 3.06. The van der Waals surface area contributed by atoms with Crippen LogP contribution in [0.3, 0.4) is 0 Å². The highest BCUT2D eigenvalue weighted by Gasteiger charge is 1.83. The van der Waals surface area contributed by atoms with E-state index in [9.17, 15) is 0 Å². The Labute approximate surface area is 112 Å². The van der Waals surface area contributed by atoms with Crippen molar-refractivity contribution < 1.29 is 0 Å². The summed E-state index contributed by atoms with van der Waals surface area (Å²) in [6, 6.07) is 0. The summed E-state index contributed by atoms with van der Waals surface area (Å²) in [5.74, 6) is 0. The summed E-state index contributed by atoms with van der Waals surface area (Å²) >= 11 is 6.44. The third kappa shape index (κ3) is 23.4. The van der Waals surface area contributed by atoms with Gasteiger partial charge in [-0.1, -0.05) is 45.3 Å². The third-order valence-electron chi connectivity index (χ3n) is 1.76. The summed E-state index contributed by atoms with van der Waals surface area (Å²) in [6.07, 6.45) is 13.5. The van der Waals surface area contributed by atoms with Crippen LogP contribution >= 0.6 is 25.8 Å². The molecule has 0 saturated carbocycles. The fourth-order valence-electron chi connectivity index (χ4n) is 1.04. The number of hydrogen-bond donors (Lipinski definition) is 0. The van der Waals surface area contributed by atoms with Crippen LogP contribution in [0.1, 0.15) is 51.9 Å². The van der Waals surface area contributed by atoms with E-state index in [1.807, 2.05) is 0 Å². The average Bonchev–Trinajstić information content (AvgIpc) is 2.18. The Hall–Kier alpha value is 1.47. The van der Waals surface area contributed by atoms with Crippen molar-refractivity contribution in [3.8, 4) is 0 Å². The molecule has 0 atom stereocenters. The van der Waals surface area contributed by atoms with Crippen molar-refractivity contribution in [2.45, 2.75) is 51.9 Å². The van der Waals surface area contributed by atoms with E-state index >= 15 is 0 Å². The maximum Gasteiger partial charge on any atom is 0.560 e. The highest BCUT2D eigenvalue weighted by Crippen LogP contribution is 2.03. The molecule has 0 saturated heterocycles. The lowest BCUT2D eigenvalue weighted by Crippen LogP contribution is -1.73. The molecule has 0 rings (SSSR count). The molecule has 0 aliphatic rings. The first-order chi connectivity index (χ1) is 6.83. The molecule has 0 aromatic carbocycles. The second-order valence-corrected chi connectivity index (χ2v) is 11.1. The van der Waals surface area contributed by atoms with Crippen LogP contribution in [-0.4, -0.2) is 16.0 Å². The predicted octanol–water partition coefficient (Wildman–Crippen LogP) is 5.44. The first-order valence-electron chi connectivity index (χ1n) is 5.39. The molecule has 14 heavy (non-hydrogen) atoms. The fourth-order valence-corrected chi connectivity index (χ4v) is 1.04. The van der Waals surface area contributed by atoms with E-state index in [0.717, 1.165) is 12.8 Å². The molecule has 0 N–H and O–H groups in total. The van der Waals surface area contributed by atoms with E-state index in [4.69, 9.17) is 0 Å². The van der Waals surface area contributed by atoms with Gasteiger partial charge in [-0.25, -0.2) is 0 Å². The minimum atomic E-state index is 0.0417. The molecule has 0 spiro atoms. The van der Waals surface area contributed by atoms with E-state index in [2.05, 4.69) is 51.8 Å². The van der Waals surface area contributed by atoms with Gasteiger partial charge in [0.05, 0.1) is 0 Å². The molecule has 0 amide bonds. The Morgan fingerprint density at radius 2 is 1.64 bits per heavy atom. The molecule has 0 aliphatic carbocycles. The van der Waals surface area contributed by atoms with Crippen LogP contribution in [0.5, 0.6) is 0 Å². The monoisotopic (exact) mass is 335 g/mol. The van der Waals surface area contributed by atoms with Crippen LogP contribution in [0.2, 0.25) is 0 Å². The maximum absolute atomic E-state index is 3.78. The molecule has 81 valence electrons. The minimum Gasteiger partial charge on any atom is -0.280 e. The van der Waals surface area contributed by atoms with Gasteiger partial charge >= 0.3 is 16.0 Å². The van der Waals surface area contributed by atoms with E-state index in [-0.39, 0.29) is 16.0 Å². The molecular formula is C11H21Br2Mg. The third-order valence-corrected chi connectivity index (χ3v) is 1.76. The smallest absolute Gasteiger partial charge is 0.280 e. The van der Waals surface area contributed by atoms with Gasteiger partial charge in [0.2, 0.25) is 0 Å². The summed E-state index contributed by atoms with van der Waals surface area (Å²) < 4.78 is 0. The topological polar surface area (TPSA) is 0 Å². The van der Waals surface area contributed by atoms with Crippen LogP contribution < -0.4 is 0 Å². The van der Waals surface area contributed by atoms with Crippen molar-refractivity contribution in [2.75, 3.05) is 0 Å². The summed E-state index contributed by atoms with van der Waals surface area (Å²) in [5.41, 5.74) is 0. The molecule has 0 heterocycles. The lowest BCUT2D eigenvalue weighted by atomic mass is 10.1. The molecule has 0 aromatic rings. The normalized spacial score (nSPS) is 9.43. The van der Waals surface area contributed by atoms with Crippen LogP contribution in [0.15, 0.2) is 12.2 Å². The first kappa shape index (κ1) is 17.8. The largest absolute Gasteiger partial charge is 0.560 e. The van der Waals surface area contributed by atoms with Crippen LogP contribution in [0.25, 0.3) is 0 Å². The Balaban J connectivity index is 0. The lowest BCUT2D eigenvalue weighted by molar-refractivity contribution is 0.674. The molecule has 0 unspecified atom stereocenters. The van der Waals surface area contributed by atoms with Gasteiger partial charge in [0.15, 0.2) is 0 Å². The number of hydrogen-bond acceptors (Lipinski definition) is 0. The SMILES string of the molecule is [Br][Mg][Br].[CH2]CC/C=C\CCCCCC. The number of unbranched alkanes of at least 4 members (excludes halogenated alkanes) is 5. The molecule has 0 aliphatic heterocycles. The number of rotatable bonds is 7. The van der Waals surface area contributed by atoms with E-state index in [1.165, 1.54) is 32.1 Å². The van der Waals surface area contributed by atoms with Crippen molar-refractivity contribution in [2.24, 2.45) is 0 Å². The van der Waals surface area contributed by atoms with E-state index in [1.54, 1.807) is 0 Å². The summed E-state index contributed by atoms with van der Waals surface area (Å²) in [5, 5.41) is 0. The summed E-state index contributed by atoms with van der Waals surface area (Å²) in [6.45, 7) is 6.03. The molecule has 1 radical (unpaired) electrons. The standard InChI is InChI=1S/C11H21.2BrH.Mg/c1-3-5-7-9-11-10-8-6-4-2;;;/h7,9H,1,3-6,8,10-11H2,2H3;2*1H;/q;;;+2/p-2/b9-7-;;;. The van der Waals surface area contributed by atoms with Gasteiger partial charge in [0.1, 0.15) is 0 Å². The number of halogens is 2. The molecule has 0 aromatic heterocycles. The molecule has 0 fully saturated rings. The Bertz CT molecular complexity index is 105. The van der Waals surface area contributed by atoms with Gasteiger partial charge in [0.25, 0.3) is 0 Å². The van der Waals surface area contributed by atoms with E-state index in [0.29, 0.717) is 0 Å². The van der Waals surface area contributed by atoms with Crippen LogP contribution in [0.4, 0.5) is 0 Å². The summed E-state index contributed by atoms with van der Waals surface area (Å²) in [4.78, 5) is 0. The van der Waals surface area contributed by atoms with Gasteiger partial charge in [-0.05, 0) is 25.7 Å². The van der Waals surface area contributed by atoms with Gasteiger partial charge in [0, 0.05) is 0 Å². The molecule has 3 heteroatoms. The Morgan fingerprint density at radius 1 is 1.07 bits per heavy atom. The van der Waals surface area contributed by atoms with Gasteiger partial charge in [-0.2, -0.15) is 0 Å². The molecule has 0 bridgehead atoms. The highest BCUT2D eigenvalue weighted by atomic mass is 79.9. The van der Waals surface area contributed by atoms with Crippen molar-refractivity contribution in [1.82, 2.24) is 0 Å². The van der Waals surface area contributed by atoms with Crippen molar-refractivity contribution in [3.63, 3.8) is 0 Å². The second kappa shape index (κ2) is 20.0. The maximum atomic E-state index is 3.78. The predicted molar refractivity (Wildman–Crippen MR) is 76.1 cm³/mol. The van der Waals surface area contributed by atoms with Crippen molar-refractivity contribution in [3.05, 3.63) is 19.1 Å². The number of allylic oxidation sites excluding steroid dienone is 2.